The van der Waals surface area contributed by atoms with Crippen molar-refractivity contribution in [2.45, 2.75) is 0 Å². The normalized spacial score (nSPS) is 11.8. The van der Waals surface area contributed by atoms with Gasteiger partial charge in [0.1, 0.15) is 5.58 Å². The van der Waals surface area contributed by atoms with E-state index in [1.807, 2.05) is 36.4 Å². The van der Waals surface area contributed by atoms with Gasteiger partial charge in [0.15, 0.2) is 17.5 Å². The Morgan fingerprint density at radius 2 is 0.979 bits per heavy atom. The fourth-order valence-corrected chi connectivity index (χ4v) is 7.06. The molecular weight excluding hydrogens is 576 g/mol. The van der Waals surface area contributed by atoms with E-state index in [9.17, 15) is 0 Å². The standard InChI is InChI=1S/C42H24N4O/c1-2-12-26(13-3-1)39-44-40(34-23-27-21-20-25-11-4-5-14-28(25)37(27)31-17-8-6-15-29(31)34)46-41(45-39)35-24-36-38(32-18-9-7-16-30(32)35)33-19-10-22-43-42(33)47-36/h1-24H. The molecule has 0 spiro atoms. The zero-order valence-corrected chi connectivity index (χ0v) is 25.1. The Kier molecular flexibility index (Phi) is 5.51. The molecule has 10 rings (SSSR count). The third-order valence-electron chi connectivity index (χ3n) is 9.15. The van der Waals surface area contributed by atoms with Crippen LogP contribution in [0.5, 0.6) is 0 Å². The molecule has 47 heavy (non-hydrogen) atoms. The van der Waals surface area contributed by atoms with Gasteiger partial charge in [0.2, 0.25) is 5.71 Å². The van der Waals surface area contributed by atoms with Crippen LogP contribution in [0.15, 0.2) is 150 Å². The molecule has 5 heteroatoms. The molecule has 3 aromatic heterocycles. The highest BCUT2D eigenvalue weighted by Crippen LogP contribution is 2.41. The molecule has 3 heterocycles. The molecule has 0 radical (unpaired) electrons. The van der Waals surface area contributed by atoms with Gasteiger partial charge < -0.3 is 4.42 Å². The van der Waals surface area contributed by atoms with Gasteiger partial charge in [-0.15, -0.1) is 0 Å². The summed E-state index contributed by atoms with van der Waals surface area (Å²) >= 11 is 0. The SMILES string of the molecule is c1ccc(-c2nc(-c3cc4ccc5ccccc5c4c4ccccc34)nc(-c3cc4oc5ncccc5c4c4ccccc34)n2)cc1. The van der Waals surface area contributed by atoms with E-state index in [1.165, 1.54) is 21.5 Å². The lowest BCUT2D eigenvalue weighted by Crippen LogP contribution is -2.01. The molecule has 0 saturated carbocycles. The zero-order chi connectivity index (χ0) is 30.9. The lowest BCUT2D eigenvalue weighted by atomic mass is 9.93. The van der Waals surface area contributed by atoms with E-state index in [-0.39, 0.29) is 0 Å². The first-order chi connectivity index (χ1) is 23.3. The third-order valence-corrected chi connectivity index (χ3v) is 9.15. The summed E-state index contributed by atoms with van der Waals surface area (Å²) in [6.45, 7) is 0. The fraction of sp³-hybridized carbons (Fsp3) is 0. The van der Waals surface area contributed by atoms with Gasteiger partial charge in [-0.25, -0.2) is 19.9 Å². The summed E-state index contributed by atoms with van der Waals surface area (Å²) in [6, 6.07) is 48.3. The van der Waals surface area contributed by atoms with Crippen molar-refractivity contribution in [3.05, 3.63) is 146 Å². The van der Waals surface area contributed by atoms with Crippen LogP contribution in [0, 0.1) is 0 Å². The minimum absolute atomic E-state index is 0.586. The number of pyridine rings is 1. The average Bonchev–Trinajstić information content (AvgIpc) is 3.53. The third kappa shape index (κ3) is 3.97. The van der Waals surface area contributed by atoms with Crippen molar-refractivity contribution in [1.82, 2.24) is 19.9 Å². The second-order valence-corrected chi connectivity index (χ2v) is 11.8. The predicted octanol–water partition coefficient (Wildman–Crippen LogP) is 10.8. The van der Waals surface area contributed by atoms with Crippen LogP contribution in [0.2, 0.25) is 0 Å². The first-order valence-electron chi connectivity index (χ1n) is 15.6. The number of rotatable bonds is 3. The first kappa shape index (κ1) is 25.8. The number of furan rings is 1. The summed E-state index contributed by atoms with van der Waals surface area (Å²) in [4.78, 5) is 20.0. The van der Waals surface area contributed by atoms with Crippen molar-refractivity contribution in [3.8, 4) is 34.2 Å². The van der Waals surface area contributed by atoms with Crippen molar-refractivity contribution < 1.29 is 4.42 Å². The number of benzene rings is 7. The van der Waals surface area contributed by atoms with Crippen molar-refractivity contribution in [3.63, 3.8) is 0 Å². The number of hydrogen-bond donors (Lipinski definition) is 0. The molecule has 218 valence electrons. The molecule has 0 aliphatic carbocycles. The molecule has 5 nitrogen and oxygen atoms in total. The summed E-state index contributed by atoms with van der Waals surface area (Å²) in [5, 5.41) is 11.2. The van der Waals surface area contributed by atoms with E-state index >= 15 is 0 Å². The molecule has 0 aliphatic heterocycles. The topological polar surface area (TPSA) is 64.7 Å². The summed E-state index contributed by atoms with van der Waals surface area (Å²) in [5.74, 6) is 1.82. The highest BCUT2D eigenvalue weighted by molar-refractivity contribution is 6.23. The highest BCUT2D eigenvalue weighted by atomic mass is 16.3. The van der Waals surface area contributed by atoms with Gasteiger partial charge in [-0.05, 0) is 67.4 Å². The van der Waals surface area contributed by atoms with Gasteiger partial charge >= 0.3 is 0 Å². The first-order valence-corrected chi connectivity index (χ1v) is 15.6. The maximum Gasteiger partial charge on any atom is 0.227 e. The molecule has 0 fully saturated rings. The van der Waals surface area contributed by atoms with Gasteiger partial charge in [0, 0.05) is 33.7 Å². The van der Waals surface area contributed by atoms with Gasteiger partial charge in [0.25, 0.3) is 0 Å². The van der Waals surface area contributed by atoms with Gasteiger partial charge in [-0.2, -0.15) is 0 Å². The Balaban J connectivity index is 1.30. The van der Waals surface area contributed by atoms with Crippen molar-refractivity contribution in [2.75, 3.05) is 0 Å². The molecule has 0 atom stereocenters. The molecule has 0 saturated heterocycles. The second kappa shape index (κ2) is 10.0. The van der Waals surface area contributed by atoms with E-state index in [1.54, 1.807) is 6.20 Å². The summed E-state index contributed by atoms with van der Waals surface area (Å²) in [6.07, 6.45) is 1.76. The van der Waals surface area contributed by atoms with Crippen LogP contribution in [-0.4, -0.2) is 19.9 Å². The van der Waals surface area contributed by atoms with Crippen LogP contribution in [-0.2, 0) is 0 Å². The van der Waals surface area contributed by atoms with Crippen molar-refractivity contribution in [2.24, 2.45) is 0 Å². The Morgan fingerprint density at radius 1 is 0.404 bits per heavy atom. The monoisotopic (exact) mass is 600 g/mol. The van der Waals surface area contributed by atoms with E-state index < -0.39 is 0 Å². The minimum atomic E-state index is 0.586. The number of nitrogens with zero attached hydrogens (tertiary/aromatic N) is 4. The summed E-state index contributed by atoms with van der Waals surface area (Å²) in [5.41, 5.74) is 4.12. The lowest BCUT2D eigenvalue weighted by molar-refractivity contribution is 0.654. The summed E-state index contributed by atoms with van der Waals surface area (Å²) in [7, 11) is 0. The zero-order valence-electron chi connectivity index (χ0n) is 25.1. The Hall–Kier alpha value is -6.46. The van der Waals surface area contributed by atoms with Crippen LogP contribution in [0.4, 0.5) is 0 Å². The quantitative estimate of drug-likeness (QED) is 0.189. The largest absolute Gasteiger partial charge is 0.438 e. The van der Waals surface area contributed by atoms with Crippen LogP contribution in [0.1, 0.15) is 0 Å². The highest BCUT2D eigenvalue weighted by Gasteiger charge is 2.20. The Labute approximate surface area is 268 Å². The van der Waals surface area contributed by atoms with Crippen LogP contribution in [0.25, 0.3) is 99.3 Å². The van der Waals surface area contributed by atoms with E-state index in [2.05, 4.69) is 108 Å². The second-order valence-electron chi connectivity index (χ2n) is 11.8. The maximum absolute atomic E-state index is 6.31. The Morgan fingerprint density at radius 3 is 1.74 bits per heavy atom. The molecule has 0 aliphatic rings. The summed E-state index contributed by atoms with van der Waals surface area (Å²) < 4.78 is 6.31. The average molecular weight is 601 g/mol. The number of aromatic nitrogens is 4. The number of fused-ring (bicyclic) bond motifs is 10. The molecule has 7 aromatic carbocycles. The number of hydrogen-bond acceptors (Lipinski definition) is 5. The van der Waals surface area contributed by atoms with Crippen LogP contribution in [0.3, 0.4) is 0 Å². The van der Waals surface area contributed by atoms with Crippen molar-refractivity contribution in [1.29, 1.82) is 0 Å². The van der Waals surface area contributed by atoms with Crippen LogP contribution < -0.4 is 0 Å². The Bertz CT molecular complexity index is 2860. The molecule has 10 aromatic rings. The molecule has 0 unspecified atom stereocenters. The predicted molar refractivity (Wildman–Crippen MR) is 191 cm³/mol. The van der Waals surface area contributed by atoms with Gasteiger partial charge in [0.05, 0.1) is 0 Å². The molecule has 0 N–H and O–H groups in total. The smallest absolute Gasteiger partial charge is 0.227 e. The van der Waals surface area contributed by atoms with E-state index in [4.69, 9.17) is 19.4 Å². The lowest BCUT2D eigenvalue weighted by Gasteiger charge is -2.14. The maximum atomic E-state index is 6.31. The van der Waals surface area contributed by atoms with Crippen molar-refractivity contribution >= 4 is 65.2 Å². The van der Waals surface area contributed by atoms with E-state index in [0.29, 0.717) is 23.2 Å². The molecular formula is C42H24N4O. The molecule has 0 bridgehead atoms. The van der Waals surface area contributed by atoms with Gasteiger partial charge in [-0.3, -0.25) is 0 Å². The molecule has 0 amide bonds. The minimum Gasteiger partial charge on any atom is -0.438 e. The van der Waals surface area contributed by atoms with E-state index in [0.717, 1.165) is 54.6 Å². The van der Waals surface area contributed by atoms with Gasteiger partial charge in [-0.1, -0.05) is 115 Å². The fourth-order valence-electron chi connectivity index (χ4n) is 7.06. The van der Waals surface area contributed by atoms with Crippen LogP contribution >= 0.6 is 0 Å².